The van der Waals surface area contributed by atoms with Crippen molar-refractivity contribution in [3.63, 3.8) is 0 Å². The Morgan fingerprint density at radius 2 is 1.60 bits per heavy atom. The van der Waals surface area contributed by atoms with E-state index in [1.807, 2.05) is 20.4 Å². The molecule has 0 aromatic heterocycles. The Kier molecular flexibility index (Phi) is 7.58. The fourth-order valence-electron chi connectivity index (χ4n) is 1.06. The van der Waals surface area contributed by atoms with Gasteiger partial charge in [0.05, 0.1) is 6.61 Å². The van der Waals surface area contributed by atoms with Crippen molar-refractivity contribution in [2.75, 3.05) is 26.4 Å². The lowest BCUT2D eigenvalue weighted by molar-refractivity contribution is -0.142. The maximum Gasteiger partial charge on any atom is 0.497 e. The van der Waals surface area contributed by atoms with Crippen LogP contribution in [0, 0.1) is 0 Å². The molecule has 0 spiro atoms. The molecule has 0 unspecified atom stereocenters. The molecule has 0 saturated heterocycles. The zero-order valence-electron chi connectivity index (χ0n) is 9.87. The van der Waals surface area contributed by atoms with Gasteiger partial charge in [-0.25, -0.2) is 0 Å². The second-order valence-corrected chi connectivity index (χ2v) is 5.51. The zero-order valence-corrected chi connectivity index (χ0v) is 10.9. The van der Waals surface area contributed by atoms with Crippen LogP contribution in [-0.2, 0) is 22.8 Å². The summed E-state index contributed by atoms with van der Waals surface area (Å²) in [5, 5.41) is 0. The second-order valence-electron chi connectivity index (χ2n) is 2.92. The van der Waals surface area contributed by atoms with Gasteiger partial charge >= 0.3 is 14.8 Å². The van der Waals surface area contributed by atoms with Gasteiger partial charge in [-0.2, -0.15) is 0 Å². The number of hydrogen-bond donors (Lipinski definition) is 0. The minimum Gasteiger partial charge on any atom is -0.463 e. The average Bonchev–Trinajstić information content (AvgIpc) is 2.13. The number of hydrogen-bond acceptors (Lipinski definition) is 5. The van der Waals surface area contributed by atoms with Gasteiger partial charge in [0.15, 0.2) is 0 Å². The smallest absolute Gasteiger partial charge is 0.463 e. The molecule has 5 nitrogen and oxygen atoms in total. The van der Waals surface area contributed by atoms with Crippen LogP contribution in [-0.4, -0.2) is 41.2 Å². The van der Waals surface area contributed by atoms with Crippen LogP contribution in [0.15, 0.2) is 0 Å². The summed E-state index contributed by atoms with van der Waals surface area (Å²) < 4.78 is 21.1. The van der Waals surface area contributed by atoms with E-state index in [1.165, 1.54) is 6.92 Å². The van der Waals surface area contributed by atoms with Crippen molar-refractivity contribution in [2.24, 2.45) is 0 Å². The first-order valence-electron chi connectivity index (χ1n) is 5.09. The Morgan fingerprint density at radius 3 is 2.00 bits per heavy atom. The van der Waals surface area contributed by atoms with Crippen LogP contribution in [0.3, 0.4) is 0 Å². The third-order valence-electron chi connectivity index (χ3n) is 1.57. The Morgan fingerprint density at radius 1 is 1.07 bits per heavy atom. The Balaban J connectivity index is 3.79. The zero-order chi connectivity index (χ0) is 11.7. The van der Waals surface area contributed by atoms with Gasteiger partial charge in [-0.3, -0.25) is 4.79 Å². The van der Waals surface area contributed by atoms with E-state index < -0.39 is 8.80 Å². The fourth-order valence-corrected chi connectivity index (χ4v) is 2.81. The van der Waals surface area contributed by atoms with Crippen LogP contribution in [0.5, 0.6) is 0 Å². The number of ether oxygens (including phenoxy) is 1. The normalized spacial score (nSPS) is 11.5. The molecule has 0 aromatic carbocycles. The van der Waals surface area contributed by atoms with E-state index >= 15 is 0 Å². The van der Waals surface area contributed by atoms with Gasteiger partial charge in [0.1, 0.15) is 6.61 Å². The monoisotopic (exact) mass is 236 g/mol. The molecule has 0 aliphatic rings. The summed E-state index contributed by atoms with van der Waals surface area (Å²) in [7, 11) is -2.51. The van der Waals surface area contributed by atoms with Gasteiger partial charge in [0.25, 0.3) is 0 Å². The minimum absolute atomic E-state index is 0.234. The Hall–Kier alpha value is -0.433. The van der Waals surface area contributed by atoms with E-state index in [1.54, 1.807) is 0 Å². The van der Waals surface area contributed by atoms with Crippen molar-refractivity contribution in [3.8, 4) is 0 Å². The highest BCUT2D eigenvalue weighted by atomic mass is 28.4. The number of rotatable bonds is 8. The third-order valence-corrected chi connectivity index (χ3v) is 3.92. The van der Waals surface area contributed by atoms with E-state index in [0.717, 1.165) is 0 Å². The van der Waals surface area contributed by atoms with Gasteiger partial charge in [0, 0.05) is 26.7 Å². The first-order valence-corrected chi connectivity index (χ1v) is 7.31. The molecule has 0 fully saturated rings. The van der Waals surface area contributed by atoms with E-state index in [2.05, 4.69) is 0 Å². The number of esters is 1. The fraction of sp³-hybridized carbons (Fsp3) is 0.889. The summed E-state index contributed by atoms with van der Waals surface area (Å²) in [6.07, 6.45) is 0. The van der Waals surface area contributed by atoms with Crippen LogP contribution in [0.25, 0.3) is 0 Å². The average molecular weight is 236 g/mol. The highest BCUT2D eigenvalue weighted by molar-refractivity contribution is 6.59. The summed E-state index contributed by atoms with van der Waals surface area (Å²) in [5.41, 5.74) is 0. The van der Waals surface area contributed by atoms with E-state index in [9.17, 15) is 4.79 Å². The summed E-state index contributed by atoms with van der Waals surface area (Å²) in [4.78, 5) is 10.5. The van der Waals surface area contributed by atoms with Crippen LogP contribution in [0.4, 0.5) is 0 Å². The van der Waals surface area contributed by atoms with Crippen LogP contribution in [0.2, 0.25) is 6.55 Å². The first-order chi connectivity index (χ1) is 7.04. The van der Waals surface area contributed by atoms with Gasteiger partial charge in [0.2, 0.25) is 0 Å². The quantitative estimate of drug-likeness (QED) is 0.360. The molecular weight excluding hydrogens is 216 g/mol. The van der Waals surface area contributed by atoms with Gasteiger partial charge < -0.3 is 18.0 Å². The molecule has 0 rings (SSSR count). The molecule has 0 radical (unpaired) electrons. The third kappa shape index (κ3) is 7.49. The summed E-state index contributed by atoms with van der Waals surface area (Å²) >= 11 is 0. The predicted octanol–water partition coefficient (Wildman–Crippen LogP) is 1.21. The molecule has 0 atom stereocenters. The van der Waals surface area contributed by atoms with E-state index in [0.29, 0.717) is 19.8 Å². The molecule has 0 saturated carbocycles. The predicted molar refractivity (Wildman–Crippen MR) is 57.5 cm³/mol. The molecule has 0 aliphatic carbocycles. The largest absolute Gasteiger partial charge is 0.497 e. The SMILES string of the molecule is CCO[Si](C)(OCC)OCCOC(C)=O. The standard InChI is InChI=1S/C9H20O5Si/c1-5-12-15(4,13-6-2)14-8-7-11-9(3)10/h5-8H2,1-4H3. The van der Waals surface area contributed by atoms with Crippen molar-refractivity contribution in [1.29, 1.82) is 0 Å². The van der Waals surface area contributed by atoms with Gasteiger partial charge in [-0.05, 0) is 13.8 Å². The molecule has 0 heterocycles. The molecule has 90 valence electrons. The molecule has 6 heteroatoms. The summed E-state index contributed by atoms with van der Waals surface area (Å²) in [5.74, 6) is -0.310. The topological polar surface area (TPSA) is 54.0 Å². The van der Waals surface area contributed by atoms with Crippen molar-refractivity contribution in [1.82, 2.24) is 0 Å². The van der Waals surface area contributed by atoms with Crippen LogP contribution in [0.1, 0.15) is 20.8 Å². The van der Waals surface area contributed by atoms with Crippen molar-refractivity contribution in [2.45, 2.75) is 27.3 Å². The van der Waals surface area contributed by atoms with Crippen molar-refractivity contribution < 1.29 is 22.8 Å². The van der Waals surface area contributed by atoms with Crippen molar-refractivity contribution >= 4 is 14.8 Å². The van der Waals surface area contributed by atoms with Crippen molar-refractivity contribution in [3.05, 3.63) is 0 Å². The summed E-state index contributed by atoms with van der Waals surface area (Å²) in [6.45, 7) is 8.61. The highest BCUT2D eigenvalue weighted by Gasteiger charge is 2.33. The van der Waals surface area contributed by atoms with Crippen LogP contribution < -0.4 is 0 Å². The molecule has 0 amide bonds. The molecule has 0 aromatic rings. The van der Waals surface area contributed by atoms with E-state index in [4.69, 9.17) is 18.0 Å². The lowest BCUT2D eigenvalue weighted by atomic mass is 10.7. The first kappa shape index (κ1) is 14.6. The van der Waals surface area contributed by atoms with Crippen LogP contribution >= 0.6 is 0 Å². The number of carbonyl (C=O) groups excluding carboxylic acids is 1. The minimum atomic E-state index is -2.51. The highest BCUT2D eigenvalue weighted by Crippen LogP contribution is 2.08. The molecule has 0 N–H and O–H groups in total. The lowest BCUT2D eigenvalue weighted by Gasteiger charge is -2.24. The molecule has 0 bridgehead atoms. The second kappa shape index (κ2) is 7.81. The molecular formula is C9H20O5Si. The van der Waals surface area contributed by atoms with Gasteiger partial charge in [-0.1, -0.05) is 0 Å². The lowest BCUT2D eigenvalue weighted by Crippen LogP contribution is -2.43. The Bertz CT molecular complexity index is 179. The maximum absolute atomic E-state index is 10.5. The van der Waals surface area contributed by atoms with E-state index in [-0.39, 0.29) is 12.6 Å². The maximum atomic E-state index is 10.5. The molecule has 0 aliphatic heterocycles. The van der Waals surface area contributed by atoms with Gasteiger partial charge in [-0.15, -0.1) is 0 Å². The summed E-state index contributed by atoms with van der Waals surface area (Å²) in [6, 6.07) is 0. The Labute approximate surface area is 92.0 Å². The molecule has 15 heavy (non-hydrogen) atoms. The number of carbonyl (C=O) groups is 1.